The molecule has 1 aromatic carbocycles. The van der Waals surface area contributed by atoms with Gasteiger partial charge in [0.2, 0.25) is 0 Å². The molecular formula is C18H21N3O2. The quantitative estimate of drug-likeness (QED) is 0.874. The topological polar surface area (TPSA) is 49.6 Å². The van der Waals surface area contributed by atoms with Crippen molar-refractivity contribution in [3.8, 4) is 0 Å². The summed E-state index contributed by atoms with van der Waals surface area (Å²) in [5, 5.41) is 3.91. The fourth-order valence-corrected chi connectivity index (χ4v) is 3.39. The van der Waals surface area contributed by atoms with Crippen LogP contribution in [0.5, 0.6) is 0 Å². The minimum Gasteiger partial charge on any atom is -0.361 e. The van der Waals surface area contributed by atoms with Crippen molar-refractivity contribution in [2.45, 2.75) is 31.8 Å². The van der Waals surface area contributed by atoms with E-state index < -0.39 is 0 Å². The predicted octanol–water partition coefficient (Wildman–Crippen LogP) is 2.64. The van der Waals surface area contributed by atoms with E-state index >= 15 is 0 Å². The maximum atomic E-state index is 12.9. The summed E-state index contributed by atoms with van der Waals surface area (Å²) < 4.78 is 5.08. The summed E-state index contributed by atoms with van der Waals surface area (Å²) in [5.41, 5.74) is 1.59. The van der Waals surface area contributed by atoms with Gasteiger partial charge in [0.05, 0.1) is 6.04 Å². The van der Waals surface area contributed by atoms with Crippen molar-refractivity contribution >= 4 is 5.91 Å². The summed E-state index contributed by atoms with van der Waals surface area (Å²) in [6.07, 6.45) is 2.58. The lowest BCUT2D eigenvalue weighted by Gasteiger charge is -2.41. The van der Waals surface area contributed by atoms with Crippen LogP contribution in [0.1, 0.15) is 40.7 Å². The Bertz CT molecular complexity index is 693. The third-order valence-corrected chi connectivity index (χ3v) is 4.77. The molecule has 1 unspecified atom stereocenters. The summed E-state index contributed by atoms with van der Waals surface area (Å²) in [7, 11) is 0. The molecule has 0 spiro atoms. The van der Waals surface area contributed by atoms with E-state index in [1.165, 1.54) is 18.4 Å². The largest absolute Gasteiger partial charge is 0.361 e. The van der Waals surface area contributed by atoms with Crippen molar-refractivity contribution in [2.75, 3.05) is 19.6 Å². The number of rotatable bonds is 3. The molecule has 1 amide bonds. The Morgan fingerprint density at radius 1 is 1.22 bits per heavy atom. The number of amides is 1. The van der Waals surface area contributed by atoms with Crippen LogP contribution < -0.4 is 0 Å². The first kappa shape index (κ1) is 14.5. The van der Waals surface area contributed by atoms with E-state index in [2.05, 4.69) is 22.2 Å². The van der Waals surface area contributed by atoms with Gasteiger partial charge in [-0.05, 0) is 25.3 Å². The predicted molar refractivity (Wildman–Crippen MR) is 86.1 cm³/mol. The first-order valence-corrected chi connectivity index (χ1v) is 8.25. The lowest BCUT2D eigenvalue weighted by molar-refractivity contribution is 0.0424. The van der Waals surface area contributed by atoms with E-state index in [1.54, 1.807) is 6.07 Å². The zero-order valence-electron chi connectivity index (χ0n) is 13.3. The van der Waals surface area contributed by atoms with Gasteiger partial charge in [-0.1, -0.05) is 35.5 Å². The van der Waals surface area contributed by atoms with Gasteiger partial charge in [0.15, 0.2) is 5.69 Å². The van der Waals surface area contributed by atoms with Crippen LogP contribution >= 0.6 is 0 Å². The minimum absolute atomic E-state index is 0.0360. The van der Waals surface area contributed by atoms with E-state index in [0.717, 1.165) is 19.6 Å². The summed E-state index contributed by atoms with van der Waals surface area (Å²) in [4.78, 5) is 17.3. The van der Waals surface area contributed by atoms with Crippen molar-refractivity contribution in [3.05, 3.63) is 53.4 Å². The molecule has 2 heterocycles. The number of carbonyl (C=O) groups excluding carboxylic acids is 1. The van der Waals surface area contributed by atoms with Crippen LogP contribution in [0.3, 0.4) is 0 Å². The van der Waals surface area contributed by atoms with Crippen molar-refractivity contribution in [1.29, 1.82) is 0 Å². The number of hydrogen-bond donors (Lipinski definition) is 0. The molecule has 2 fully saturated rings. The average Bonchev–Trinajstić information content (AvgIpc) is 3.36. The van der Waals surface area contributed by atoms with Crippen LogP contribution in [0.15, 0.2) is 40.9 Å². The highest BCUT2D eigenvalue weighted by molar-refractivity contribution is 5.92. The number of carbonyl (C=O) groups is 1. The lowest BCUT2D eigenvalue weighted by Crippen LogP contribution is -2.51. The molecule has 1 aliphatic heterocycles. The Hall–Kier alpha value is -2.14. The zero-order chi connectivity index (χ0) is 15.8. The van der Waals surface area contributed by atoms with Crippen LogP contribution in [-0.2, 0) is 0 Å². The molecule has 0 radical (unpaired) electrons. The Balaban J connectivity index is 1.62. The molecule has 1 saturated heterocycles. The number of hydrogen-bond acceptors (Lipinski definition) is 4. The molecule has 2 aliphatic rings. The van der Waals surface area contributed by atoms with Gasteiger partial charge in [-0.25, -0.2) is 0 Å². The van der Waals surface area contributed by atoms with Gasteiger partial charge in [0.1, 0.15) is 5.76 Å². The van der Waals surface area contributed by atoms with Crippen LogP contribution in [0.2, 0.25) is 0 Å². The zero-order valence-corrected chi connectivity index (χ0v) is 13.3. The highest BCUT2D eigenvalue weighted by Gasteiger charge is 2.38. The number of aromatic nitrogens is 1. The third-order valence-electron chi connectivity index (χ3n) is 4.77. The van der Waals surface area contributed by atoms with Gasteiger partial charge in [-0.2, -0.15) is 0 Å². The molecule has 2 aromatic rings. The summed E-state index contributed by atoms with van der Waals surface area (Å²) in [5.74, 6) is 0.632. The monoisotopic (exact) mass is 311 g/mol. The van der Waals surface area contributed by atoms with E-state index in [-0.39, 0.29) is 11.9 Å². The highest BCUT2D eigenvalue weighted by atomic mass is 16.5. The Labute approximate surface area is 135 Å². The molecule has 1 aromatic heterocycles. The number of nitrogens with zero attached hydrogens (tertiary/aromatic N) is 3. The number of aryl methyl sites for hydroxylation is 1. The highest BCUT2D eigenvalue weighted by Crippen LogP contribution is 2.34. The molecular weight excluding hydrogens is 290 g/mol. The maximum Gasteiger partial charge on any atom is 0.276 e. The molecule has 5 nitrogen and oxygen atoms in total. The third kappa shape index (κ3) is 2.88. The van der Waals surface area contributed by atoms with Crippen molar-refractivity contribution in [2.24, 2.45) is 0 Å². The van der Waals surface area contributed by atoms with Crippen LogP contribution in [0.25, 0.3) is 0 Å². The summed E-state index contributed by atoms with van der Waals surface area (Å²) in [6.45, 7) is 4.39. The Kier molecular flexibility index (Phi) is 3.65. The molecule has 1 aliphatic carbocycles. The first-order valence-electron chi connectivity index (χ1n) is 8.25. The average molecular weight is 311 g/mol. The fraction of sp³-hybridized carbons (Fsp3) is 0.444. The first-order chi connectivity index (χ1) is 11.2. The molecule has 0 bridgehead atoms. The second kappa shape index (κ2) is 5.81. The van der Waals surface area contributed by atoms with Crippen molar-refractivity contribution < 1.29 is 9.32 Å². The van der Waals surface area contributed by atoms with E-state index in [0.29, 0.717) is 17.5 Å². The van der Waals surface area contributed by atoms with Gasteiger partial charge < -0.3 is 9.42 Å². The lowest BCUT2D eigenvalue weighted by atomic mass is 10.0. The van der Waals surface area contributed by atoms with E-state index in [9.17, 15) is 4.79 Å². The van der Waals surface area contributed by atoms with Crippen LogP contribution in [-0.4, -0.2) is 46.5 Å². The normalized spacial score (nSPS) is 22.3. The summed E-state index contributed by atoms with van der Waals surface area (Å²) >= 11 is 0. The van der Waals surface area contributed by atoms with Gasteiger partial charge in [0, 0.05) is 31.7 Å². The van der Waals surface area contributed by atoms with Crippen LogP contribution in [0.4, 0.5) is 0 Å². The number of piperazine rings is 1. The van der Waals surface area contributed by atoms with E-state index in [1.807, 2.05) is 30.0 Å². The van der Waals surface area contributed by atoms with Crippen LogP contribution in [0, 0.1) is 6.92 Å². The molecule has 120 valence electrons. The molecule has 5 heteroatoms. The Morgan fingerprint density at radius 3 is 2.65 bits per heavy atom. The van der Waals surface area contributed by atoms with Crippen molar-refractivity contribution in [1.82, 2.24) is 15.0 Å². The maximum absolute atomic E-state index is 12.9. The molecule has 1 atom stereocenters. The minimum atomic E-state index is -0.0360. The number of benzene rings is 1. The molecule has 0 N–H and O–H groups in total. The van der Waals surface area contributed by atoms with E-state index in [4.69, 9.17) is 4.52 Å². The smallest absolute Gasteiger partial charge is 0.276 e. The standard InChI is InChI=1S/C18H21N3O2/c1-13-11-16(19-23-13)18(22)21-10-9-20(15-7-8-15)12-17(21)14-5-3-2-4-6-14/h2-6,11,15,17H,7-10,12H2,1H3. The van der Waals surface area contributed by atoms with Crippen molar-refractivity contribution in [3.63, 3.8) is 0 Å². The molecule has 23 heavy (non-hydrogen) atoms. The van der Waals surface area contributed by atoms with Gasteiger partial charge in [0.25, 0.3) is 5.91 Å². The second-order valence-electron chi connectivity index (χ2n) is 6.47. The molecule has 1 saturated carbocycles. The summed E-state index contributed by atoms with van der Waals surface area (Å²) in [6, 6.07) is 12.8. The second-order valence-corrected chi connectivity index (χ2v) is 6.47. The molecule has 4 rings (SSSR count). The Morgan fingerprint density at radius 2 is 2.00 bits per heavy atom. The van der Waals surface area contributed by atoms with Gasteiger partial charge in [-0.15, -0.1) is 0 Å². The fourth-order valence-electron chi connectivity index (χ4n) is 3.39. The van der Waals surface area contributed by atoms with Gasteiger partial charge >= 0.3 is 0 Å². The van der Waals surface area contributed by atoms with Gasteiger partial charge in [-0.3, -0.25) is 9.69 Å². The SMILES string of the molecule is Cc1cc(C(=O)N2CCN(C3CC3)CC2c2ccccc2)no1.